The van der Waals surface area contributed by atoms with Crippen LogP contribution in [0.3, 0.4) is 0 Å². The van der Waals surface area contributed by atoms with Crippen LogP contribution in [0.15, 0.2) is 150 Å². The lowest BCUT2D eigenvalue weighted by Gasteiger charge is -2.20. The van der Waals surface area contributed by atoms with Crippen LogP contribution in [-0.2, 0) is 13.0 Å². The molecule has 6 aromatic carbocycles. The van der Waals surface area contributed by atoms with E-state index < -0.39 is 0 Å². The molecule has 8 aromatic rings. The van der Waals surface area contributed by atoms with Crippen LogP contribution < -0.4 is 5.73 Å². The van der Waals surface area contributed by atoms with Crippen molar-refractivity contribution >= 4 is 50.5 Å². The Morgan fingerprint density at radius 2 is 1.35 bits per heavy atom. The van der Waals surface area contributed by atoms with Gasteiger partial charge >= 0.3 is 0 Å². The maximum Gasteiger partial charge on any atom is 0.157 e. The van der Waals surface area contributed by atoms with Crippen molar-refractivity contribution in [2.45, 2.75) is 33.2 Å². The van der Waals surface area contributed by atoms with E-state index in [0.29, 0.717) is 23.5 Å². The van der Waals surface area contributed by atoms with Crippen molar-refractivity contribution < 1.29 is 0 Å². The number of hydrogen-bond acceptors (Lipinski definition) is 2. The highest BCUT2D eigenvalue weighted by molar-refractivity contribution is 6.13. The molecule has 0 saturated heterocycles. The number of nitrogens with two attached hydrogens (primary N) is 1. The van der Waals surface area contributed by atoms with Crippen LogP contribution in [0, 0.1) is 25.2 Å². The van der Waals surface area contributed by atoms with Crippen LogP contribution in [0.2, 0.25) is 0 Å². The summed E-state index contributed by atoms with van der Waals surface area (Å²) in [5.74, 6) is 0.732. The van der Waals surface area contributed by atoms with Crippen molar-refractivity contribution in [2.24, 2.45) is 15.7 Å². The van der Waals surface area contributed by atoms with Gasteiger partial charge in [-0.2, -0.15) is 5.26 Å². The van der Waals surface area contributed by atoms with E-state index in [0.717, 1.165) is 68.4 Å². The number of nitrogens with zero attached hydrogens (tertiary/aromatic N) is 5. The Morgan fingerprint density at radius 1 is 0.704 bits per heavy atom. The van der Waals surface area contributed by atoms with Gasteiger partial charge in [0.25, 0.3) is 0 Å². The second-order valence-corrected chi connectivity index (χ2v) is 14.0. The second-order valence-electron chi connectivity index (χ2n) is 14.0. The smallest absolute Gasteiger partial charge is 0.157 e. The fourth-order valence-electron chi connectivity index (χ4n) is 7.90. The van der Waals surface area contributed by atoms with Crippen LogP contribution in [0.4, 0.5) is 0 Å². The first kappa shape index (κ1) is 32.9. The second kappa shape index (κ2) is 13.5. The van der Waals surface area contributed by atoms with E-state index in [1.54, 1.807) is 0 Å². The third-order valence-corrected chi connectivity index (χ3v) is 10.4. The maximum absolute atomic E-state index is 10.9. The molecule has 0 saturated carbocycles. The predicted molar refractivity (Wildman–Crippen MR) is 223 cm³/mol. The standard InChI is InChI=1S/C48H38N6/c1-31-21-23-43-39(25-31)36-17-9-11-19-41(36)53(43)45-27-35(29-49)38(28-46(45)54-42-20-12-10-18-37(42)40-26-32(2)22-24-44(40)54)47(50)52-48(34-15-7-4-8-16-34)51-30-33-13-5-3-6-14-33/h3-9,11-17,19-28H,10,18,30H2,1-2H3,(H2,50,51,52). The van der Waals surface area contributed by atoms with Gasteiger partial charge in [0.1, 0.15) is 5.84 Å². The van der Waals surface area contributed by atoms with Crippen LogP contribution in [-0.4, -0.2) is 20.8 Å². The summed E-state index contributed by atoms with van der Waals surface area (Å²) >= 11 is 0. The van der Waals surface area contributed by atoms with Crippen molar-refractivity contribution in [3.63, 3.8) is 0 Å². The maximum atomic E-state index is 10.9. The Bertz CT molecular complexity index is 2880. The van der Waals surface area contributed by atoms with Gasteiger partial charge in [0.15, 0.2) is 5.84 Å². The molecular weight excluding hydrogens is 661 g/mol. The number of fused-ring (bicyclic) bond motifs is 6. The molecule has 2 N–H and O–H groups in total. The summed E-state index contributed by atoms with van der Waals surface area (Å²) in [4.78, 5) is 9.94. The molecule has 0 bridgehead atoms. The molecule has 1 aliphatic carbocycles. The van der Waals surface area contributed by atoms with Gasteiger partial charge in [0.2, 0.25) is 0 Å². The first-order valence-electron chi connectivity index (χ1n) is 18.4. The summed E-state index contributed by atoms with van der Waals surface area (Å²) in [6, 6.07) is 48.3. The third kappa shape index (κ3) is 5.67. The summed E-state index contributed by atoms with van der Waals surface area (Å²) in [6.45, 7) is 4.72. The number of nitriles is 1. The molecule has 54 heavy (non-hydrogen) atoms. The Balaban J connectivity index is 1.34. The largest absolute Gasteiger partial charge is 0.383 e. The number of allylic oxidation sites excluding steroid dienone is 1. The number of rotatable bonds is 6. The zero-order valence-corrected chi connectivity index (χ0v) is 30.3. The molecule has 0 amide bonds. The molecule has 0 atom stereocenters. The van der Waals surface area contributed by atoms with E-state index in [9.17, 15) is 5.26 Å². The average molecular weight is 699 g/mol. The van der Waals surface area contributed by atoms with E-state index in [-0.39, 0.29) is 5.84 Å². The molecule has 2 heterocycles. The van der Waals surface area contributed by atoms with Crippen LogP contribution in [0.5, 0.6) is 0 Å². The fourth-order valence-corrected chi connectivity index (χ4v) is 7.90. The minimum Gasteiger partial charge on any atom is -0.383 e. The van der Waals surface area contributed by atoms with Gasteiger partial charge in [-0.25, -0.2) is 4.99 Å². The van der Waals surface area contributed by atoms with E-state index in [1.165, 1.54) is 22.1 Å². The van der Waals surface area contributed by atoms with Crippen LogP contribution >= 0.6 is 0 Å². The molecule has 2 aromatic heterocycles. The lowest BCUT2D eigenvalue weighted by molar-refractivity contribution is 0.961. The molecule has 0 fully saturated rings. The lowest BCUT2D eigenvalue weighted by Crippen LogP contribution is -2.19. The molecule has 1 aliphatic rings. The Morgan fingerprint density at radius 3 is 2.11 bits per heavy atom. The third-order valence-electron chi connectivity index (χ3n) is 10.4. The Kier molecular flexibility index (Phi) is 8.25. The van der Waals surface area contributed by atoms with Crippen LogP contribution in [0.25, 0.3) is 50.2 Å². The van der Waals surface area contributed by atoms with E-state index in [2.05, 4.69) is 108 Å². The molecule has 6 heteroatoms. The minimum atomic E-state index is 0.226. The zero-order valence-electron chi connectivity index (χ0n) is 30.3. The Labute approximate surface area is 314 Å². The number of hydrogen-bond donors (Lipinski definition) is 1. The van der Waals surface area contributed by atoms with Gasteiger partial charge < -0.3 is 14.9 Å². The number of aryl methyl sites for hydroxylation is 3. The van der Waals surface area contributed by atoms with E-state index in [4.69, 9.17) is 15.7 Å². The average Bonchev–Trinajstić information content (AvgIpc) is 3.71. The van der Waals surface area contributed by atoms with Gasteiger partial charge in [-0.05, 0) is 86.4 Å². The highest BCUT2D eigenvalue weighted by atomic mass is 15.1. The lowest BCUT2D eigenvalue weighted by atomic mass is 10.00. The number of aromatic nitrogens is 2. The van der Waals surface area contributed by atoms with Crippen molar-refractivity contribution in [1.82, 2.24) is 9.13 Å². The first-order chi connectivity index (χ1) is 26.5. The Hall–Kier alpha value is -6.97. The summed E-state index contributed by atoms with van der Waals surface area (Å²) in [7, 11) is 0. The molecule has 0 spiro atoms. The molecular formula is C48H38N6. The van der Waals surface area contributed by atoms with E-state index >= 15 is 0 Å². The number of benzene rings is 6. The van der Waals surface area contributed by atoms with Gasteiger partial charge in [-0.3, -0.25) is 4.99 Å². The van der Waals surface area contributed by atoms with Gasteiger partial charge in [-0.1, -0.05) is 108 Å². The highest BCUT2D eigenvalue weighted by Gasteiger charge is 2.25. The first-order valence-corrected chi connectivity index (χ1v) is 18.4. The molecule has 0 aliphatic heterocycles. The minimum absolute atomic E-state index is 0.226. The molecule has 260 valence electrons. The monoisotopic (exact) mass is 698 g/mol. The van der Waals surface area contributed by atoms with Gasteiger partial charge in [0, 0.05) is 33.0 Å². The molecule has 0 radical (unpaired) electrons. The zero-order chi connectivity index (χ0) is 36.8. The van der Waals surface area contributed by atoms with Crippen molar-refractivity contribution in [3.8, 4) is 17.4 Å². The summed E-state index contributed by atoms with van der Waals surface area (Å²) < 4.78 is 4.65. The van der Waals surface area contributed by atoms with Crippen LogP contribution in [0.1, 0.15) is 51.1 Å². The van der Waals surface area contributed by atoms with Crippen molar-refractivity contribution in [1.29, 1.82) is 5.26 Å². The molecule has 9 rings (SSSR count). The van der Waals surface area contributed by atoms with Crippen molar-refractivity contribution in [2.75, 3.05) is 0 Å². The normalized spacial score (nSPS) is 13.1. The highest BCUT2D eigenvalue weighted by Crippen LogP contribution is 2.40. The summed E-state index contributed by atoms with van der Waals surface area (Å²) in [5, 5.41) is 14.4. The molecule has 6 nitrogen and oxygen atoms in total. The summed E-state index contributed by atoms with van der Waals surface area (Å²) in [5.41, 5.74) is 19.8. The predicted octanol–water partition coefficient (Wildman–Crippen LogP) is 10.5. The number of para-hydroxylation sites is 1. The fraction of sp³-hybridized carbons (Fsp3) is 0.104. The number of amidine groups is 2. The summed E-state index contributed by atoms with van der Waals surface area (Å²) in [6.07, 6.45) is 6.44. The number of aliphatic imine (C=N–C) groups is 2. The quantitative estimate of drug-likeness (QED) is 0.138. The SMILES string of the molecule is Cc1ccc2c(c1)c1c(n2-c2cc(C(N)=NC(=NCc3ccccc3)c3ccccc3)c(C#N)cc2-n2c3ccccc3c3cc(C)ccc32)C=CCC1. The van der Waals surface area contributed by atoms with Crippen molar-refractivity contribution in [3.05, 3.63) is 184 Å². The van der Waals surface area contributed by atoms with Gasteiger partial charge in [-0.15, -0.1) is 0 Å². The van der Waals surface area contributed by atoms with Gasteiger partial charge in [0.05, 0.1) is 46.1 Å². The molecule has 0 unspecified atom stereocenters. The topological polar surface area (TPSA) is 84.4 Å². The van der Waals surface area contributed by atoms with E-state index in [1.807, 2.05) is 66.7 Å².